The van der Waals surface area contributed by atoms with Crippen molar-refractivity contribution in [2.45, 2.75) is 13.8 Å². The summed E-state index contributed by atoms with van der Waals surface area (Å²) in [5, 5.41) is 4.56. The molecule has 0 aliphatic rings. The fourth-order valence-electron chi connectivity index (χ4n) is 3.52. The van der Waals surface area contributed by atoms with Gasteiger partial charge in [-0.3, -0.25) is 0 Å². The highest BCUT2D eigenvalue weighted by molar-refractivity contribution is 6.40. The monoisotopic (exact) mass is 307 g/mol. The first-order chi connectivity index (χ1) is 11.6. The van der Waals surface area contributed by atoms with Crippen LogP contribution in [0.2, 0.25) is 0 Å². The maximum absolute atomic E-state index is 6.31. The van der Waals surface area contributed by atoms with Gasteiger partial charge in [-0.25, -0.2) is 0 Å². The van der Waals surface area contributed by atoms with Gasteiger partial charge in [0.2, 0.25) is 0 Å². The highest BCUT2D eigenvalue weighted by Crippen LogP contribution is 2.37. The summed E-state index contributed by atoms with van der Waals surface area (Å²) in [5.74, 6) is 0. The molecule has 0 saturated heterocycles. The molecule has 4 rings (SSSR count). The molecular formula is C22H18BN. The predicted molar refractivity (Wildman–Crippen MR) is 106 cm³/mol. The summed E-state index contributed by atoms with van der Waals surface area (Å²) in [5.41, 5.74) is 12.6. The second kappa shape index (κ2) is 5.42. The van der Waals surface area contributed by atoms with Crippen molar-refractivity contribution >= 4 is 40.5 Å². The van der Waals surface area contributed by atoms with Crippen molar-refractivity contribution < 1.29 is 0 Å². The van der Waals surface area contributed by atoms with E-state index in [0.29, 0.717) is 0 Å². The molecule has 24 heavy (non-hydrogen) atoms. The Morgan fingerprint density at radius 3 is 1.75 bits per heavy atom. The van der Waals surface area contributed by atoms with Gasteiger partial charge >= 0.3 is 0 Å². The van der Waals surface area contributed by atoms with Crippen molar-refractivity contribution in [2.75, 3.05) is 5.73 Å². The van der Waals surface area contributed by atoms with Crippen LogP contribution >= 0.6 is 0 Å². The maximum Gasteiger partial charge on any atom is 0.115 e. The fourth-order valence-corrected chi connectivity index (χ4v) is 3.52. The van der Waals surface area contributed by atoms with Crippen molar-refractivity contribution in [3.8, 4) is 11.1 Å². The quantitative estimate of drug-likeness (QED) is 0.402. The third-order valence-corrected chi connectivity index (χ3v) is 4.88. The molecule has 0 amide bonds. The normalized spacial score (nSPS) is 11.2. The molecule has 4 aromatic carbocycles. The van der Waals surface area contributed by atoms with E-state index in [9.17, 15) is 0 Å². The van der Waals surface area contributed by atoms with E-state index in [0.717, 1.165) is 33.0 Å². The average molecular weight is 307 g/mol. The minimum absolute atomic E-state index is 0.853. The Bertz CT molecular complexity index is 1010. The van der Waals surface area contributed by atoms with E-state index in [1.54, 1.807) is 0 Å². The second-order valence-corrected chi connectivity index (χ2v) is 6.40. The second-order valence-electron chi connectivity index (χ2n) is 6.40. The molecule has 0 aliphatic heterocycles. The highest BCUT2D eigenvalue weighted by atomic mass is 14.6. The lowest BCUT2D eigenvalue weighted by Crippen LogP contribution is -2.09. The lowest BCUT2D eigenvalue weighted by atomic mass is 9.82. The Kier molecular flexibility index (Phi) is 3.35. The number of anilines is 1. The van der Waals surface area contributed by atoms with Crippen LogP contribution in [0.3, 0.4) is 0 Å². The first kappa shape index (κ1) is 14.8. The van der Waals surface area contributed by atoms with E-state index < -0.39 is 0 Å². The van der Waals surface area contributed by atoms with Crippen LogP contribution in [0.5, 0.6) is 0 Å². The Labute approximate surface area is 143 Å². The molecule has 1 nitrogen and oxygen atoms in total. The Balaban J connectivity index is 2.19. The third kappa shape index (κ3) is 2.10. The molecule has 2 N–H and O–H groups in total. The van der Waals surface area contributed by atoms with E-state index in [1.165, 1.54) is 21.9 Å². The molecule has 0 spiro atoms. The van der Waals surface area contributed by atoms with Crippen molar-refractivity contribution in [3.05, 3.63) is 71.8 Å². The molecule has 0 saturated carbocycles. The molecule has 2 radical (unpaired) electrons. The van der Waals surface area contributed by atoms with E-state index in [1.807, 2.05) is 12.1 Å². The highest BCUT2D eigenvalue weighted by Gasteiger charge is 2.13. The van der Waals surface area contributed by atoms with Gasteiger partial charge in [0, 0.05) is 11.1 Å². The zero-order valence-corrected chi connectivity index (χ0v) is 13.9. The first-order valence-electron chi connectivity index (χ1n) is 8.14. The largest absolute Gasteiger partial charge is 0.398 e. The summed E-state index contributed by atoms with van der Waals surface area (Å²) in [6.45, 7) is 4.13. The first-order valence-corrected chi connectivity index (χ1v) is 8.14. The van der Waals surface area contributed by atoms with Crippen LogP contribution in [0, 0.1) is 13.8 Å². The van der Waals surface area contributed by atoms with Gasteiger partial charge in [-0.15, -0.1) is 0 Å². The summed E-state index contributed by atoms with van der Waals surface area (Å²) in [6, 6.07) is 21.0. The zero-order valence-electron chi connectivity index (χ0n) is 13.9. The van der Waals surface area contributed by atoms with Gasteiger partial charge in [-0.2, -0.15) is 0 Å². The van der Waals surface area contributed by atoms with Crippen LogP contribution in [0.15, 0.2) is 60.7 Å². The number of rotatable bonds is 1. The van der Waals surface area contributed by atoms with Crippen LogP contribution in [0.25, 0.3) is 32.7 Å². The minimum atomic E-state index is 0.853. The fraction of sp³-hybridized carbons (Fsp3) is 0.0909. The topological polar surface area (TPSA) is 26.0 Å². The number of benzene rings is 4. The molecule has 2 heteroatoms. The van der Waals surface area contributed by atoms with Gasteiger partial charge in [-0.1, -0.05) is 65.6 Å². The van der Waals surface area contributed by atoms with Crippen LogP contribution < -0.4 is 11.2 Å². The molecule has 0 atom stereocenters. The smallest absolute Gasteiger partial charge is 0.115 e. The molecule has 0 aliphatic carbocycles. The van der Waals surface area contributed by atoms with Crippen molar-refractivity contribution in [2.24, 2.45) is 0 Å². The van der Waals surface area contributed by atoms with E-state index >= 15 is 0 Å². The third-order valence-electron chi connectivity index (χ3n) is 4.88. The van der Waals surface area contributed by atoms with Crippen LogP contribution in [-0.4, -0.2) is 7.85 Å². The number of nitrogen functional groups attached to an aromatic ring is 1. The van der Waals surface area contributed by atoms with Crippen molar-refractivity contribution in [3.63, 3.8) is 0 Å². The number of fused-ring (bicyclic) bond motifs is 2. The molecule has 0 unspecified atom stereocenters. The van der Waals surface area contributed by atoms with E-state index in [4.69, 9.17) is 13.6 Å². The van der Waals surface area contributed by atoms with Crippen molar-refractivity contribution in [1.82, 2.24) is 0 Å². The Hall–Kier alpha value is -2.74. The maximum atomic E-state index is 6.31. The summed E-state index contributed by atoms with van der Waals surface area (Å²) >= 11 is 0. The summed E-state index contributed by atoms with van der Waals surface area (Å²) in [4.78, 5) is 0. The number of hydrogen-bond donors (Lipinski definition) is 1. The summed E-state index contributed by atoms with van der Waals surface area (Å²) in [6.07, 6.45) is 0. The minimum Gasteiger partial charge on any atom is -0.398 e. The average Bonchev–Trinajstić information content (AvgIpc) is 2.61. The van der Waals surface area contributed by atoms with E-state index in [-0.39, 0.29) is 0 Å². The number of hydrogen-bond acceptors (Lipinski definition) is 1. The molecule has 0 bridgehead atoms. The van der Waals surface area contributed by atoms with Gasteiger partial charge in [0.25, 0.3) is 0 Å². The molecule has 0 aromatic heterocycles. The van der Waals surface area contributed by atoms with Crippen LogP contribution in [0.4, 0.5) is 5.69 Å². The summed E-state index contributed by atoms with van der Waals surface area (Å²) < 4.78 is 0. The Morgan fingerprint density at radius 2 is 1.12 bits per heavy atom. The number of aryl methyl sites for hydroxylation is 2. The summed E-state index contributed by atoms with van der Waals surface area (Å²) in [7, 11) is 6.31. The van der Waals surface area contributed by atoms with Gasteiger partial charge < -0.3 is 5.73 Å². The van der Waals surface area contributed by atoms with Crippen molar-refractivity contribution in [1.29, 1.82) is 0 Å². The van der Waals surface area contributed by atoms with Crippen LogP contribution in [0.1, 0.15) is 11.1 Å². The lowest BCUT2D eigenvalue weighted by molar-refractivity contribution is 1.49. The lowest BCUT2D eigenvalue weighted by Gasteiger charge is -2.16. The SMILES string of the molecule is [B]c1c(C)cc(-c2cc(C)c(N)c3ccccc23)c2ccccc12. The van der Waals surface area contributed by atoms with Gasteiger partial charge in [0.1, 0.15) is 7.85 Å². The van der Waals surface area contributed by atoms with Gasteiger partial charge in [0.15, 0.2) is 0 Å². The van der Waals surface area contributed by atoms with Gasteiger partial charge in [-0.05, 0) is 52.8 Å². The molecule has 0 fully saturated rings. The molecular weight excluding hydrogens is 289 g/mol. The van der Waals surface area contributed by atoms with E-state index in [2.05, 4.69) is 62.4 Å². The number of nitrogens with two attached hydrogens (primary N) is 1. The molecule has 4 aromatic rings. The van der Waals surface area contributed by atoms with Gasteiger partial charge in [0.05, 0.1) is 0 Å². The molecule has 114 valence electrons. The predicted octanol–water partition coefficient (Wildman–Crippen LogP) is 4.65. The van der Waals surface area contributed by atoms with Crippen LogP contribution in [-0.2, 0) is 0 Å². The molecule has 0 heterocycles. The zero-order chi connectivity index (χ0) is 16.8. The Morgan fingerprint density at radius 1 is 0.667 bits per heavy atom. The standard InChI is InChI=1S/C22H18BN/c1-13-11-19(15-7-3-5-9-17(15)21(13)23)20-12-14(2)22(24)18-10-6-4-8-16(18)20/h3-12H,24H2,1-2H3.